The number of fused-ring (bicyclic) bond motifs is 1. The number of nitrogens with zero attached hydrogens (tertiary/aromatic N) is 1. The van der Waals surface area contributed by atoms with Crippen LogP contribution in [-0.4, -0.2) is 18.2 Å². The molecule has 0 N–H and O–H groups in total. The molecule has 0 bridgehead atoms. The van der Waals surface area contributed by atoms with Gasteiger partial charge in [-0.25, -0.2) is 0 Å². The molecule has 1 saturated heterocycles. The first-order valence-corrected chi connectivity index (χ1v) is 7.23. The summed E-state index contributed by atoms with van der Waals surface area (Å²) in [6.07, 6.45) is 3.97. The fourth-order valence-electron chi connectivity index (χ4n) is 2.72. The first kappa shape index (κ1) is 12.6. The van der Waals surface area contributed by atoms with E-state index in [0.29, 0.717) is 0 Å². The SMILES string of the molecule is CC(ON1CCCCC1)c1ccc2ccccc2c1. The van der Waals surface area contributed by atoms with Crippen LogP contribution in [0.1, 0.15) is 37.9 Å². The summed E-state index contributed by atoms with van der Waals surface area (Å²) in [7, 11) is 0. The maximum Gasteiger partial charge on any atom is 0.101 e. The van der Waals surface area contributed by atoms with E-state index in [0.717, 1.165) is 13.1 Å². The van der Waals surface area contributed by atoms with E-state index in [9.17, 15) is 0 Å². The van der Waals surface area contributed by atoms with Gasteiger partial charge in [-0.15, -0.1) is 0 Å². The fourth-order valence-corrected chi connectivity index (χ4v) is 2.72. The van der Waals surface area contributed by atoms with Crippen molar-refractivity contribution in [2.45, 2.75) is 32.3 Å². The van der Waals surface area contributed by atoms with Gasteiger partial charge in [-0.2, -0.15) is 5.06 Å². The molecule has 0 spiro atoms. The van der Waals surface area contributed by atoms with Gasteiger partial charge in [0.05, 0.1) is 0 Å². The minimum Gasteiger partial charge on any atom is -0.291 e. The third-order valence-electron chi connectivity index (χ3n) is 3.87. The van der Waals surface area contributed by atoms with Gasteiger partial charge in [0.1, 0.15) is 6.10 Å². The maximum absolute atomic E-state index is 6.06. The molecule has 2 aromatic rings. The molecule has 3 rings (SSSR count). The Hall–Kier alpha value is -1.38. The normalized spacial score (nSPS) is 18.6. The van der Waals surface area contributed by atoms with Crippen LogP contribution in [0.2, 0.25) is 0 Å². The van der Waals surface area contributed by atoms with Crippen molar-refractivity contribution in [1.82, 2.24) is 5.06 Å². The Balaban J connectivity index is 1.75. The lowest BCUT2D eigenvalue weighted by Crippen LogP contribution is -2.30. The van der Waals surface area contributed by atoms with Crippen LogP contribution in [0.5, 0.6) is 0 Å². The van der Waals surface area contributed by atoms with Crippen molar-refractivity contribution in [2.75, 3.05) is 13.1 Å². The average Bonchev–Trinajstić information content (AvgIpc) is 2.48. The number of rotatable bonds is 3. The van der Waals surface area contributed by atoms with Gasteiger partial charge in [0, 0.05) is 13.1 Å². The first-order valence-electron chi connectivity index (χ1n) is 7.23. The van der Waals surface area contributed by atoms with Gasteiger partial charge in [0.15, 0.2) is 0 Å². The Kier molecular flexibility index (Phi) is 3.81. The van der Waals surface area contributed by atoms with E-state index in [1.165, 1.54) is 35.6 Å². The minimum absolute atomic E-state index is 0.128. The Morgan fingerprint density at radius 3 is 2.47 bits per heavy atom. The first-order chi connectivity index (χ1) is 9.33. The van der Waals surface area contributed by atoms with E-state index in [4.69, 9.17) is 4.84 Å². The van der Waals surface area contributed by atoms with Crippen molar-refractivity contribution in [3.05, 3.63) is 48.0 Å². The molecule has 0 saturated carbocycles. The molecule has 1 fully saturated rings. The van der Waals surface area contributed by atoms with Crippen LogP contribution in [-0.2, 0) is 4.84 Å². The van der Waals surface area contributed by atoms with Crippen molar-refractivity contribution in [2.24, 2.45) is 0 Å². The molecule has 0 aliphatic carbocycles. The molecule has 0 aromatic heterocycles. The average molecular weight is 255 g/mol. The van der Waals surface area contributed by atoms with Gasteiger partial charge < -0.3 is 0 Å². The Labute approximate surface area is 114 Å². The highest BCUT2D eigenvalue weighted by Gasteiger charge is 2.15. The molecule has 19 heavy (non-hydrogen) atoms. The second-order valence-electron chi connectivity index (χ2n) is 5.34. The van der Waals surface area contributed by atoms with Crippen molar-refractivity contribution < 1.29 is 4.84 Å². The Bertz CT molecular complexity index is 546. The van der Waals surface area contributed by atoms with Gasteiger partial charge in [-0.3, -0.25) is 4.84 Å². The number of hydrogen-bond acceptors (Lipinski definition) is 2. The highest BCUT2D eigenvalue weighted by atomic mass is 16.7. The third-order valence-corrected chi connectivity index (χ3v) is 3.87. The molecule has 1 aliphatic rings. The lowest BCUT2D eigenvalue weighted by molar-refractivity contribution is -0.203. The van der Waals surface area contributed by atoms with Crippen LogP contribution in [0.15, 0.2) is 42.5 Å². The van der Waals surface area contributed by atoms with Gasteiger partial charge >= 0.3 is 0 Å². The third kappa shape index (κ3) is 2.96. The molecule has 2 nitrogen and oxygen atoms in total. The summed E-state index contributed by atoms with van der Waals surface area (Å²) in [4.78, 5) is 6.06. The van der Waals surface area contributed by atoms with Crippen LogP contribution in [0.25, 0.3) is 10.8 Å². The molecule has 1 unspecified atom stereocenters. The van der Waals surface area contributed by atoms with Crippen LogP contribution in [0, 0.1) is 0 Å². The zero-order valence-corrected chi connectivity index (χ0v) is 11.5. The van der Waals surface area contributed by atoms with E-state index in [-0.39, 0.29) is 6.10 Å². The largest absolute Gasteiger partial charge is 0.291 e. The number of hydrogen-bond donors (Lipinski definition) is 0. The van der Waals surface area contributed by atoms with Crippen LogP contribution in [0.4, 0.5) is 0 Å². The Morgan fingerprint density at radius 1 is 0.947 bits per heavy atom. The number of piperidine rings is 1. The zero-order chi connectivity index (χ0) is 13.1. The molecule has 100 valence electrons. The molecule has 1 heterocycles. The topological polar surface area (TPSA) is 12.5 Å². The minimum atomic E-state index is 0.128. The second-order valence-corrected chi connectivity index (χ2v) is 5.34. The summed E-state index contributed by atoms with van der Waals surface area (Å²) in [5.74, 6) is 0. The zero-order valence-electron chi connectivity index (χ0n) is 11.5. The molecular formula is C17H21NO. The van der Waals surface area contributed by atoms with Crippen molar-refractivity contribution >= 4 is 10.8 Å². The summed E-state index contributed by atoms with van der Waals surface area (Å²) < 4.78 is 0. The quantitative estimate of drug-likeness (QED) is 0.810. The molecule has 2 heteroatoms. The van der Waals surface area contributed by atoms with Gasteiger partial charge in [-0.1, -0.05) is 42.8 Å². The predicted octanol–water partition coefficient (Wildman–Crippen LogP) is 4.32. The van der Waals surface area contributed by atoms with E-state index < -0.39 is 0 Å². The second kappa shape index (κ2) is 5.72. The fraction of sp³-hybridized carbons (Fsp3) is 0.412. The Morgan fingerprint density at radius 2 is 1.68 bits per heavy atom. The summed E-state index contributed by atoms with van der Waals surface area (Å²) in [6.45, 7) is 4.27. The van der Waals surface area contributed by atoms with E-state index >= 15 is 0 Å². The van der Waals surface area contributed by atoms with Crippen LogP contribution >= 0.6 is 0 Å². The summed E-state index contributed by atoms with van der Waals surface area (Å²) in [6, 6.07) is 15.1. The lowest BCUT2D eigenvalue weighted by atomic mass is 10.0. The standard InChI is InChI=1S/C17H21NO/c1-14(19-18-11-5-2-6-12-18)16-10-9-15-7-3-4-8-17(15)13-16/h3-4,7-10,13-14H,2,5-6,11-12H2,1H3. The molecule has 0 radical (unpaired) electrons. The molecule has 0 amide bonds. The molecule has 1 aliphatic heterocycles. The van der Waals surface area contributed by atoms with Crippen molar-refractivity contribution in [3.8, 4) is 0 Å². The number of hydroxylamine groups is 2. The summed E-state index contributed by atoms with van der Waals surface area (Å²) in [5, 5.41) is 4.70. The lowest BCUT2D eigenvalue weighted by Gasteiger charge is -2.28. The molecule has 1 atom stereocenters. The maximum atomic E-state index is 6.06. The molecule has 2 aromatic carbocycles. The molecular weight excluding hydrogens is 234 g/mol. The van der Waals surface area contributed by atoms with E-state index in [1.807, 2.05) is 0 Å². The monoisotopic (exact) mass is 255 g/mol. The number of benzene rings is 2. The highest BCUT2D eigenvalue weighted by Crippen LogP contribution is 2.24. The van der Waals surface area contributed by atoms with Crippen molar-refractivity contribution in [3.63, 3.8) is 0 Å². The van der Waals surface area contributed by atoms with E-state index in [1.54, 1.807) is 0 Å². The highest BCUT2D eigenvalue weighted by molar-refractivity contribution is 5.83. The van der Waals surface area contributed by atoms with Gasteiger partial charge in [0.2, 0.25) is 0 Å². The summed E-state index contributed by atoms with van der Waals surface area (Å²) >= 11 is 0. The van der Waals surface area contributed by atoms with E-state index in [2.05, 4.69) is 54.5 Å². The van der Waals surface area contributed by atoms with Gasteiger partial charge in [-0.05, 0) is 42.2 Å². The van der Waals surface area contributed by atoms with Crippen LogP contribution < -0.4 is 0 Å². The summed E-state index contributed by atoms with van der Waals surface area (Å²) in [5.41, 5.74) is 1.25. The van der Waals surface area contributed by atoms with Crippen molar-refractivity contribution in [1.29, 1.82) is 0 Å². The smallest absolute Gasteiger partial charge is 0.101 e. The van der Waals surface area contributed by atoms with Gasteiger partial charge in [0.25, 0.3) is 0 Å². The van der Waals surface area contributed by atoms with Crippen LogP contribution in [0.3, 0.4) is 0 Å². The predicted molar refractivity (Wildman–Crippen MR) is 78.9 cm³/mol.